The lowest BCUT2D eigenvalue weighted by Gasteiger charge is -2.42. The summed E-state index contributed by atoms with van der Waals surface area (Å²) in [6, 6.07) is 9.94. The molecule has 0 radical (unpaired) electrons. The highest BCUT2D eigenvalue weighted by Crippen LogP contribution is 2.29. The molecule has 1 saturated heterocycles. The van der Waals surface area contributed by atoms with Crippen LogP contribution in [-0.2, 0) is 4.79 Å². The molecular formula is C26H37N3O3. The molecule has 174 valence electrons. The first-order valence-electron chi connectivity index (χ1n) is 11.9. The summed E-state index contributed by atoms with van der Waals surface area (Å²) < 4.78 is 5.00. The van der Waals surface area contributed by atoms with Crippen molar-refractivity contribution in [3.63, 3.8) is 0 Å². The topological polar surface area (TPSA) is 75.4 Å². The van der Waals surface area contributed by atoms with Crippen molar-refractivity contribution in [1.82, 2.24) is 15.4 Å². The Kier molecular flexibility index (Phi) is 8.62. The van der Waals surface area contributed by atoms with Gasteiger partial charge in [0.25, 0.3) is 0 Å². The Morgan fingerprint density at radius 2 is 1.88 bits per heavy atom. The van der Waals surface area contributed by atoms with Crippen molar-refractivity contribution in [1.29, 1.82) is 0 Å². The highest BCUT2D eigenvalue weighted by atomic mass is 16.5. The summed E-state index contributed by atoms with van der Waals surface area (Å²) >= 11 is 0. The Morgan fingerprint density at radius 3 is 2.44 bits per heavy atom. The Hall–Kier alpha value is -2.47. The number of benzene rings is 1. The van der Waals surface area contributed by atoms with Crippen LogP contribution in [0.2, 0.25) is 0 Å². The second kappa shape index (κ2) is 11.4. The maximum atomic E-state index is 12.2. The van der Waals surface area contributed by atoms with Crippen molar-refractivity contribution in [2.75, 3.05) is 13.6 Å². The lowest BCUT2D eigenvalue weighted by molar-refractivity contribution is -0.131. The van der Waals surface area contributed by atoms with Crippen LogP contribution in [0.5, 0.6) is 0 Å². The van der Waals surface area contributed by atoms with Crippen molar-refractivity contribution >= 4 is 12.2 Å². The minimum Gasteiger partial charge on any atom is -0.356 e. The smallest absolute Gasteiger partial charge is 0.237 e. The molecule has 2 atom stereocenters. The average molecular weight is 440 g/mol. The molecule has 2 heterocycles. The third-order valence-electron chi connectivity index (χ3n) is 6.55. The molecular weight excluding hydrogens is 402 g/mol. The van der Waals surface area contributed by atoms with Crippen LogP contribution >= 0.6 is 0 Å². The van der Waals surface area contributed by atoms with Gasteiger partial charge in [-0.15, -0.1) is 0 Å². The van der Waals surface area contributed by atoms with Crippen LogP contribution in [0.4, 0.5) is 0 Å². The van der Waals surface area contributed by atoms with Crippen molar-refractivity contribution in [3.05, 3.63) is 41.6 Å². The Labute approximate surface area is 191 Å². The molecule has 2 fully saturated rings. The Balaban J connectivity index is 0.000000186. The lowest BCUT2D eigenvalue weighted by Crippen LogP contribution is -2.61. The standard InChI is InChI=1S/C15H28N2O.C11H9NO2/c1-11(2)9-14-15(18)16-13(10-17(14)3)12-7-5-4-6-8-12;1-8-2-4-9(5-3-8)11-6-10(7-13)12-14-11/h11-14H,4-10H2,1-3H3,(H,16,18);2-7H,1H3. The molecule has 1 aliphatic carbocycles. The number of nitrogens with one attached hydrogen (secondary N) is 1. The Morgan fingerprint density at radius 1 is 1.19 bits per heavy atom. The van der Waals surface area contributed by atoms with Gasteiger partial charge in [0, 0.05) is 24.2 Å². The zero-order valence-electron chi connectivity index (χ0n) is 19.8. The summed E-state index contributed by atoms with van der Waals surface area (Å²) in [6.45, 7) is 7.43. The molecule has 2 unspecified atom stereocenters. The molecule has 2 aliphatic rings. The van der Waals surface area contributed by atoms with E-state index in [-0.39, 0.29) is 11.9 Å². The summed E-state index contributed by atoms with van der Waals surface area (Å²) in [4.78, 5) is 24.9. The third-order valence-corrected chi connectivity index (χ3v) is 6.55. The van der Waals surface area contributed by atoms with E-state index in [1.807, 2.05) is 31.2 Å². The summed E-state index contributed by atoms with van der Waals surface area (Å²) in [5.74, 6) is 2.17. The third kappa shape index (κ3) is 6.52. The number of nitrogens with zero attached hydrogens (tertiary/aromatic N) is 2. The fourth-order valence-corrected chi connectivity index (χ4v) is 4.70. The monoisotopic (exact) mass is 439 g/mol. The van der Waals surface area contributed by atoms with Gasteiger partial charge in [-0.05, 0) is 45.1 Å². The van der Waals surface area contributed by atoms with Crippen LogP contribution in [-0.4, -0.2) is 47.9 Å². The van der Waals surface area contributed by atoms with Gasteiger partial charge >= 0.3 is 0 Å². The summed E-state index contributed by atoms with van der Waals surface area (Å²) in [7, 11) is 2.11. The molecule has 1 N–H and O–H groups in total. The molecule has 32 heavy (non-hydrogen) atoms. The van der Waals surface area contributed by atoms with E-state index in [0.717, 1.165) is 18.5 Å². The highest BCUT2D eigenvalue weighted by molar-refractivity contribution is 5.82. The minimum absolute atomic E-state index is 0.0878. The van der Waals surface area contributed by atoms with Crippen molar-refractivity contribution in [2.24, 2.45) is 11.8 Å². The van der Waals surface area contributed by atoms with Gasteiger partial charge in [-0.3, -0.25) is 14.5 Å². The van der Waals surface area contributed by atoms with Crippen LogP contribution in [0, 0.1) is 18.8 Å². The summed E-state index contributed by atoms with van der Waals surface area (Å²) in [6.07, 6.45) is 8.30. The van der Waals surface area contributed by atoms with E-state index in [9.17, 15) is 9.59 Å². The predicted molar refractivity (Wildman–Crippen MR) is 126 cm³/mol. The van der Waals surface area contributed by atoms with Gasteiger partial charge in [-0.1, -0.05) is 68.1 Å². The fourth-order valence-electron chi connectivity index (χ4n) is 4.70. The number of hydrogen-bond donors (Lipinski definition) is 1. The van der Waals surface area contributed by atoms with Crippen LogP contribution in [0.25, 0.3) is 11.3 Å². The molecule has 0 bridgehead atoms. The van der Waals surface area contributed by atoms with Gasteiger partial charge in [0.15, 0.2) is 12.0 Å². The SMILES string of the molecule is CC(C)CC1C(=O)NC(C2CCCCC2)CN1C.Cc1ccc(-c2cc(C=O)no2)cc1. The number of aldehydes is 1. The molecule has 1 aromatic heterocycles. The molecule has 4 rings (SSSR count). The number of likely N-dealkylation sites (N-methyl/N-ethyl adjacent to an activating group) is 1. The number of aryl methyl sites for hydroxylation is 1. The average Bonchev–Trinajstić information content (AvgIpc) is 3.27. The molecule has 6 heteroatoms. The van der Waals surface area contributed by atoms with Gasteiger partial charge < -0.3 is 9.84 Å². The number of amides is 1. The maximum absolute atomic E-state index is 12.2. The van der Waals surface area contributed by atoms with Gasteiger partial charge in [0.05, 0.1) is 6.04 Å². The molecule has 1 amide bonds. The molecule has 1 saturated carbocycles. The zero-order valence-corrected chi connectivity index (χ0v) is 19.8. The molecule has 0 spiro atoms. The van der Waals surface area contributed by atoms with Crippen molar-refractivity contribution < 1.29 is 14.1 Å². The van der Waals surface area contributed by atoms with Crippen LogP contribution in [0.1, 0.15) is 68.4 Å². The van der Waals surface area contributed by atoms with E-state index in [1.165, 1.54) is 37.7 Å². The van der Waals surface area contributed by atoms with Crippen LogP contribution < -0.4 is 5.32 Å². The highest BCUT2D eigenvalue weighted by Gasteiger charge is 2.36. The van der Waals surface area contributed by atoms with E-state index in [1.54, 1.807) is 6.07 Å². The number of carbonyl (C=O) groups is 2. The van der Waals surface area contributed by atoms with E-state index >= 15 is 0 Å². The largest absolute Gasteiger partial charge is 0.356 e. The second-order valence-electron chi connectivity index (χ2n) is 9.70. The second-order valence-corrected chi connectivity index (χ2v) is 9.70. The molecule has 1 aliphatic heterocycles. The first-order valence-corrected chi connectivity index (χ1v) is 11.9. The van der Waals surface area contributed by atoms with Crippen LogP contribution in [0.15, 0.2) is 34.9 Å². The number of aromatic nitrogens is 1. The van der Waals surface area contributed by atoms with Gasteiger partial charge in [0.2, 0.25) is 5.91 Å². The molecule has 2 aromatic rings. The minimum atomic E-state index is 0.0878. The Bertz CT molecular complexity index is 869. The van der Waals surface area contributed by atoms with Gasteiger partial charge in [0.1, 0.15) is 5.69 Å². The molecule has 6 nitrogen and oxygen atoms in total. The van der Waals surface area contributed by atoms with Crippen LogP contribution in [0.3, 0.4) is 0 Å². The number of carbonyl (C=O) groups excluding carboxylic acids is 2. The zero-order chi connectivity index (χ0) is 23.1. The first-order chi connectivity index (χ1) is 15.4. The van der Waals surface area contributed by atoms with Gasteiger partial charge in [-0.2, -0.15) is 0 Å². The van der Waals surface area contributed by atoms with E-state index in [4.69, 9.17) is 4.52 Å². The van der Waals surface area contributed by atoms with Crippen molar-refractivity contribution in [3.8, 4) is 11.3 Å². The normalized spacial score (nSPS) is 22.2. The predicted octanol–water partition coefficient (Wildman–Crippen LogP) is 4.87. The van der Waals surface area contributed by atoms with E-state index < -0.39 is 0 Å². The first kappa shape index (κ1) is 24.2. The number of rotatable bonds is 5. The fraction of sp³-hybridized carbons (Fsp3) is 0.577. The van der Waals surface area contributed by atoms with Crippen molar-refractivity contribution in [2.45, 2.75) is 71.4 Å². The van der Waals surface area contributed by atoms with E-state index in [2.05, 4.69) is 36.3 Å². The molecule has 1 aromatic carbocycles. The number of piperazine rings is 1. The maximum Gasteiger partial charge on any atom is 0.237 e. The summed E-state index contributed by atoms with van der Waals surface area (Å²) in [5, 5.41) is 6.88. The van der Waals surface area contributed by atoms with E-state index in [0.29, 0.717) is 35.6 Å². The van der Waals surface area contributed by atoms with Gasteiger partial charge in [-0.25, -0.2) is 0 Å². The lowest BCUT2D eigenvalue weighted by atomic mass is 9.82. The quantitative estimate of drug-likeness (QED) is 0.673. The number of hydrogen-bond acceptors (Lipinski definition) is 5. The summed E-state index contributed by atoms with van der Waals surface area (Å²) in [5.41, 5.74) is 2.43.